The van der Waals surface area contributed by atoms with Gasteiger partial charge >= 0.3 is 0 Å². The molecule has 0 atom stereocenters. The molecule has 2 aromatic carbocycles. The van der Waals surface area contributed by atoms with E-state index in [-0.39, 0.29) is 17.2 Å². The topological polar surface area (TPSA) is 105 Å². The number of hydrogen-bond acceptors (Lipinski definition) is 6. The van der Waals surface area contributed by atoms with Gasteiger partial charge in [-0.25, -0.2) is 4.98 Å². The van der Waals surface area contributed by atoms with E-state index in [1.54, 1.807) is 18.3 Å². The smallest absolute Gasteiger partial charge is 0.282 e. The summed E-state index contributed by atoms with van der Waals surface area (Å²) in [5, 5.41) is 16.4. The number of nitro benzene ring substituents is 1. The van der Waals surface area contributed by atoms with Gasteiger partial charge in [0.05, 0.1) is 40.9 Å². The third kappa shape index (κ3) is 4.76. The number of aryl methyl sites for hydroxylation is 1. The number of nitrogens with zero attached hydrogens (tertiary/aromatic N) is 5. The second-order valence-corrected chi connectivity index (χ2v) is 10.5. The Labute approximate surface area is 228 Å². The number of fused-ring (bicyclic) bond motifs is 1. The van der Waals surface area contributed by atoms with E-state index >= 15 is 0 Å². The van der Waals surface area contributed by atoms with Crippen LogP contribution in [0.5, 0.6) is 5.75 Å². The van der Waals surface area contributed by atoms with Gasteiger partial charge in [0.1, 0.15) is 11.6 Å². The molecule has 1 saturated carbocycles. The highest BCUT2D eigenvalue weighted by Gasteiger charge is 2.23. The lowest BCUT2D eigenvalue weighted by molar-refractivity contribution is -0.384. The minimum atomic E-state index is -0.447. The average Bonchev–Trinajstić information content (AvgIpc) is 3.20. The Morgan fingerprint density at radius 2 is 1.89 bits per heavy atom. The maximum atomic E-state index is 13.6. The lowest BCUT2D eigenvalue weighted by Crippen LogP contribution is -2.25. The molecule has 2 aromatic heterocycles. The van der Waals surface area contributed by atoms with Crippen molar-refractivity contribution in [3.63, 3.8) is 0 Å². The highest BCUT2D eigenvalue weighted by atomic mass is 79.9. The zero-order valence-electron chi connectivity index (χ0n) is 21.5. The fraction of sp³-hybridized carbons (Fsp3) is 0.321. The third-order valence-corrected chi connectivity index (χ3v) is 7.69. The van der Waals surface area contributed by atoms with Crippen LogP contribution in [-0.4, -0.2) is 32.5 Å². The molecule has 0 aliphatic heterocycles. The van der Waals surface area contributed by atoms with Gasteiger partial charge in [0.2, 0.25) is 0 Å². The van der Waals surface area contributed by atoms with Gasteiger partial charge in [-0.2, -0.15) is 9.78 Å². The van der Waals surface area contributed by atoms with E-state index < -0.39 is 4.92 Å². The second-order valence-electron chi connectivity index (χ2n) is 9.60. The molecule has 2 heterocycles. The molecule has 0 spiro atoms. The third-order valence-electron chi connectivity index (χ3n) is 7.20. The second kappa shape index (κ2) is 10.5. The molecule has 0 amide bonds. The van der Waals surface area contributed by atoms with Crippen molar-refractivity contribution in [3.8, 4) is 11.4 Å². The summed E-state index contributed by atoms with van der Waals surface area (Å²) in [6.45, 7) is 3.88. The summed E-state index contributed by atoms with van der Waals surface area (Å²) in [7, 11) is 1.49. The quantitative estimate of drug-likeness (QED) is 0.149. The van der Waals surface area contributed by atoms with Crippen LogP contribution in [0.4, 0.5) is 5.69 Å². The van der Waals surface area contributed by atoms with Crippen molar-refractivity contribution >= 4 is 38.7 Å². The predicted molar refractivity (Wildman–Crippen MR) is 151 cm³/mol. The summed E-state index contributed by atoms with van der Waals surface area (Å²) in [4.78, 5) is 29.3. The van der Waals surface area contributed by atoms with Gasteiger partial charge in [0, 0.05) is 33.4 Å². The van der Waals surface area contributed by atoms with Crippen LogP contribution in [-0.2, 0) is 0 Å². The first-order valence-corrected chi connectivity index (χ1v) is 13.4. The Hall–Kier alpha value is -3.79. The van der Waals surface area contributed by atoms with Crippen LogP contribution in [0.25, 0.3) is 16.6 Å². The molecule has 38 heavy (non-hydrogen) atoms. The standard InChI is InChI=1S/C28H28BrN5O4/c1-17-13-20(18(2)32(17)25-12-10-22(34(36)37)15-26(25)38-3)16-30-33-27(19-7-5-4-6-8-19)31-24-11-9-21(29)14-23(24)28(33)35/h9-16,19H,4-8H2,1-3H3. The van der Waals surface area contributed by atoms with E-state index in [1.165, 1.54) is 30.3 Å². The van der Waals surface area contributed by atoms with Gasteiger partial charge < -0.3 is 9.30 Å². The number of benzene rings is 2. The first kappa shape index (κ1) is 25.8. The first-order valence-electron chi connectivity index (χ1n) is 12.6. The molecule has 1 fully saturated rings. The molecule has 196 valence electrons. The fourth-order valence-electron chi connectivity index (χ4n) is 5.28. The van der Waals surface area contributed by atoms with E-state index in [0.29, 0.717) is 28.2 Å². The number of ether oxygens (including phenoxy) is 1. The van der Waals surface area contributed by atoms with Gasteiger partial charge in [0.25, 0.3) is 11.2 Å². The summed E-state index contributed by atoms with van der Waals surface area (Å²) in [6, 6.07) is 12.1. The molecule has 5 rings (SSSR count). The van der Waals surface area contributed by atoms with Crippen molar-refractivity contribution in [1.29, 1.82) is 0 Å². The van der Waals surface area contributed by atoms with E-state index in [4.69, 9.17) is 9.72 Å². The Kier molecular flexibility index (Phi) is 7.16. The van der Waals surface area contributed by atoms with Gasteiger partial charge in [-0.1, -0.05) is 35.2 Å². The molecule has 0 saturated heterocycles. The molecule has 0 unspecified atom stereocenters. The molecule has 0 N–H and O–H groups in total. The number of rotatable bonds is 6. The minimum absolute atomic E-state index is 0.0418. The number of hydrogen-bond donors (Lipinski definition) is 0. The number of methoxy groups -OCH3 is 1. The summed E-state index contributed by atoms with van der Waals surface area (Å²) in [5.41, 5.74) is 3.70. The molecule has 10 heteroatoms. The minimum Gasteiger partial charge on any atom is -0.494 e. The number of aromatic nitrogens is 3. The van der Waals surface area contributed by atoms with Crippen molar-refractivity contribution in [3.05, 3.63) is 90.2 Å². The van der Waals surface area contributed by atoms with Crippen LogP contribution in [0.2, 0.25) is 0 Å². The van der Waals surface area contributed by atoms with Gasteiger partial charge in [0.15, 0.2) is 0 Å². The monoisotopic (exact) mass is 577 g/mol. The van der Waals surface area contributed by atoms with Crippen molar-refractivity contribution in [2.75, 3.05) is 7.11 Å². The van der Waals surface area contributed by atoms with Gasteiger partial charge in [-0.05, 0) is 57.0 Å². The van der Waals surface area contributed by atoms with Crippen LogP contribution < -0.4 is 10.3 Å². The van der Waals surface area contributed by atoms with Crippen molar-refractivity contribution in [2.24, 2.45) is 5.10 Å². The van der Waals surface area contributed by atoms with Crippen LogP contribution in [0, 0.1) is 24.0 Å². The Bertz CT molecular complexity index is 1630. The van der Waals surface area contributed by atoms with Crippen LogP contribution >= 0.6 is 15.9 Å². The Morgan fingerprint density at radius 1 is 1.13 bits per heavy atom. The normalized spacial score (nSPS) is 14.4. The van der Waals surface area contributed by atoms with Crippen LogP contribution in [0.15, 0.2) is 56.8 Å². The maximum Gasteiger partial charge on any atom is 0.282 e. The maximum absolute atomic E-state index is 13.6. The summed E-state index contributed by atoms with van der Waals surface area (Å²) in [6.07, 6.45) is 7.08. The lowest BCUT2D eigenvalue weighted by atomic mass is 9.88. The molecular weight excluding hydrogens is 550 g/mol. The van der Waals surface area contributed by atoms with E-state index in [2.05, 4.69) is 21.0 Å². The van der Waals surface area contributed by atoms with Crippen molar-refractivity contribution in [2.45, 2.75) is 51.9 Å². The van der Waals surface area contributed by atoms with E-state index in [1.807, 2.05) is 36.6 Å². The molecule has 9 nitrogen and oxygen atoms in total. The first-order chi connectivity index (χ1) is 18.3. The molecule has 0 bridgehead atoms. The summed E-state index contributed by atoms with van der Waals surface area (Å²) < 4.78 is 9.71. The Balaban J connectivity index is 1.61. The largest absolute Gasteiger partial charge is 0.494 e. The number of non-ortho nitro benzene ring substituents is 1. The molecule has 1 aliphatic rings. The van der Waals surface area contributed by atoms with Crippen LogP contribution in [0.1, 0.15) is 60.8 Å². The van der Waals surface area contributed by atoms with E-state index in [0.717, 1.165) is 47.1 Å². The molecular formula is C28H28BrN5O4. The van der Waals surface area contributed by atoms with Gasteiger partial charge in [-0.3, -0.25) is 14.9 Å². The predicted octanol–water partition coefficient (Wildman–Crippen LogP) is 6.41. The molecule has 0 radical (unpaired) electrons. The van der Waals surface area contributed by atoms with Crippen molar-refractivity contribution in [1.82, 2.24) is 14.2 Å². The van der Waals surface area contributed by atoms with Crippen LogP contribution in [0.3, 0.4) is 0 Å². The van der Waals surface area contributed by atoms with Gasteiger partial charge in [-0.15, -0.1) is 0 Å². The highest BCUT2D eigenvalue weighted by molar-refractivity contribution is 9.10. The SMILES string of the molecule is COc1cc([N+](=O)[O-])ccc1-n1c(C)cc(C=Nn2c(C3CCCCC3)nc3ccc(Br)cc3c2=O)c1C. The zero-order valence-corrected chi connectivity index (χ0v) is 23.1. The highest BCUT2D eigenvalue weighted by Crippen LogP contribution is 2.33. The molecule has 4 aromatic rings. The Morgan fingerprint density at radius 3 is 2.61 bits per heavy atom. The van der Waals surface area contributed by atoms with Crippen molar-refractivity contribution < 1.29 is 9.66 Å². The zero-order chi connectivity index (χ0) is 27.0. The summed E-state index contributed by atoms with van der Waals surface area (Å²) in [5.74, 6) is 1.27. The average molecular weight is 578 g/mol. The lowest BCUT2D eigenvalue weighted by Gasteiger charge is -2.22. The summed E-state index contributed by atoms with van der Waals surface area (Å²) >= 11 is 3.46. The molecule has 1 aliphatic carbocycles. The fourth-order valence-corrected chi connectivity index (χ4v) is 5.64. The van der Waals surface area contributed by atoms with E-state index in [9.17, 15) is 14.9 Å². The number of nitro groups is 1. The number of halogens is 1.